The number of hydrogen-bond donors (Lipinski definition) is 2. The van der Waals surface area contributed by atoms with Gasteiger partial charge in [-0.15, -0.1) is 0 Å². The van der Waals surface area contributed by atoms with Crippen molar-refractivity contribution in [2.45, 2.75) is 20.8 Å². The Morgan fingerprint density at radius 1 is 1.24 bits per heavy atom. The van der Waals surface area contributed by atoms with Crippen molar-refractivity contribution < 1.29 is 14.3 Å². The third kappa shape index (κ3) is 5.72. The molecule has 1 aromatic carbocycles. The van der Waals surface area contributed by atoms with Crippen molar-refractivity contribution in [2.75, 3.05) is 30.4 Å². The van der Waals surface area contributed by atoms with Gasteiger partial charge in [-0.05, 0) is 37.1 Å². The van der Waals surface area contributed by atoms with E-state index in [-0.39, 0.29) is 6.03 Å². The summed E-state index contributed by atoms with van der Waals surface area (Å²) in [6, 6.07) is 6.72. The first-order chi connectivity index (χ1) is 9.93. The van der Waals surface area contributed by atoms with Crippen molar-refractivity contribution in [2.24, 2.45) is 5.92 Å². The molecule has 3 amide bonds. The minimum atomic E-state index is -0.409. The van der Waals surface area contributed by atoms with Crippen molar-refractivity contribution in [3.63, 3.8) is 0 Å². The summed E-state index contributed by atoms with van der Waals surface area (Å²) in [4.78, 5) is 24.6. The first kappa shape index (κ1) is 16.8. The predicted octanol–water partition coefficient (Wildman–Crippen LogP) is 3.06. The summed E-state index contributed by atoms with van der Waals surface area (Å²) >= 11 is 0. The highest BCUT2D eigenvalue weighted by Crippen LogP contribution is 2.17. The van der Waals surface area contributed by atoms with E-state index in [1.165, 1.54) is 4.90 Å². The zero-order chi connectivity index (χ0) is 15.8. The molecule has 0 spiro atoms. The van der Waals surface area contributed by atoms with Crippen LogP contribution in [0.1, 0.15) is 20.8 Å². The molecule has 0 atom stereocenters. The van der Waals surface area contributed by atoms with Crippen LogP contribution in [0.2, 0.25) is 0 Å². The highest BCUT2D eigenvalue weighted by molar-refractivity contribution is 5.90. The van der Waals surface area contributed by atoms with Crippen LogP contribution in [0.15, 0.2) is 24.3 Å². The monoisotopic (exact) mass is 293 g/mol. The van der Waals surface area contributed by atoms with E-state index in [1.807, 2.05) is 13.8 Å². The molecule has 0 aromatic heterocycles. The molecule has 0 unspecified atom stereocenters. The number of benzene rings is 1. The number of urea groups is 1. The largest absolute Gasteiger partial charge is 0.449 e. The maximum atomic E-state index is 11.6. The molecule has 116 valence electrons. The Balaban J connectivity index is 2.57. The Labute approximate surface area is 125 Å². The molecule has 0 radical (unpaired) electrons. The third-order valence-electron chi connectivity index (χ3n) is 2.73. The Morgan fingerprint density at radius 2 is 1.86 bits per heavy atom. The highest BCUT2D eigenvalue weighted by atomic mass is 16.6. The van der Waals surface area contributed by atoms with E-state index in [9.17, 15) is 9.59 Å². The molecular weight excluding hydrogens is 270 g/mol. The van der Waals surface area contributed by atoms with Gasteiger partial charge in [-0.25, -0.2) is 9.59 Å². The van der Waals surface area contributed by atoms with Crippen LogP contribution in [0.4, 0.5) is 21.0 Å². The van der Waals surface area contributed by atoms with Gasteiger partial charge >= 0.3 is 12.1 Å². The Hall–Kier alpha value is -2.24. The van der Waals surface area contributed by atoms with Crippen molar-refractivity contribution in [1.29, 1.82) is 0 Å². The van der Waals surface area contributed by atoms with Crippen LogP contribution in [0, 0.1) is 5.92 Å². The fourth-order valence-corrected chi connectivity index (χ4v) is 1.57. The Bertz CT molecular complexity index is 472. The molecule has 2 N–H and O–H groups in total. The molecule has 6 heteroatoms. The third-order valence-corrected chi connectivity index (χ3v) is 2.73. The van der Waals surface area contributed by atoms with Gasteiger partial charge in [0, 0.05) is 25.0 Å². The zero-order valence-electron chi connectivity index (χ0n) is 13.0. The zero-order valence-corrected chi connectivity index (χ0v) is 13.0. The standard InChI is InChI=1S/C15H23N3O3/c1-5-21-15(20)18(4)13-8-6-12(7-9-13)17-14(19)16-10-11(2)3/h6-9,11H,5,10H2,1-4H3,(H2,16,17,19). The van der Waals surface area contributed by atoms with Gasteiger partial charge in [-0.1, -0.05) is 13.8 Å². The number of carbonyl (C=O) groups excluding carboxylic acids is 2. The van der Waals surface area contributed by atoms with Gasteiger partial charge in [-0.3, -0.25) is 4.90 Å². The summed E-state index contributed by atoms with van der Waals surface area (Å²) in [5.74, 6) is 0.399. The fraction of sp³-hybridized carbons (Fsp3) is 0.467. The molecule has 1 rings (SSSR count). The molecule has 0 saturated heterocycles. The van der Waals surface area contributed by atoms with Gasteiger partial charge in [0.25, 0.3) is 0 Å². The second-order valence-corrected chi connectivity index (χ2v) is 5.03. The number of nitrogens with zero attached hydrogens (tertiary/aromatic N) is 1. The van der Waals surface area contributed by atoms with Crippen LogP contribution < -0.4 is 15.5 Å². The summed E-state index contributed by atoms with van der Waals surface area (Å²) in [5, 5.41) is 5.50. The molecule has 21 heavy (non-hydrogen) atoms. The molecular formula is C15H23N3O3. The van der Waals surface area contributed by atoms with Crippen LogP contribution in [0.3, 0.4) is 0 Å². The number of nitrogens with one attached hydrogen (secondary N) is 2. The lowest BCUT2D eigenvalue weighted by Crippen LogP contribution is -2.31. The van der Waals surface area contributed by atoms with E-state index in [2.05, 4.69) is 10.6 Å². The van der Waals surface area contributed by atoms with Crippen LogP contribution in [-0.4, -0.2) is 32.3 Å². The average Bonchev–Trinajstić information content (AvgIpc) is 2.45. The van der Waals surface area contributed by atoms with E-state index in [1.54, 1.807) is 38.2 Å². The summed E-state index contributed by atoms with van der Waals surface area (Å²) in [5.41, 5.74) is 1.36. The number of amides is 3. The van der Waals surface area contributed by atoms with Crippen LogP contribution >= 0.6 is 0 Å². The van der Waals surface area contributed by atoms with Gasteiger partial charge in [-0.2, -0.15) is 0 Å². The van der Waals surface area contributed by atoms with Crippen LogP contribution in [-0.2, 0) is 4.74 Å². The minimum Gasteiger partial charge on any atom is -0.449 e. The summed E-state index contributed by atoms with van der Waals surface area (Å²) in [6.07, 6.45) is -0.409. The Morgan fingerprint density at radius 3 is 2.38 bits per heavy atom. The molecule has 0 fully saturated rings. The van der Waals surface area contributed by atoms with Crippen molar-refractivity contribution in [3.05, 3.63) is 24.3 Å². The topological polar surface area (TPSA) is 70.7 Å². The van der Waals surface area contributed by atoms with Crippen LogP contribution in [0.25, 0.3) is 0 Å². The molecule has 6 nitrogen and oxygen atoms in total. The second kappa shape index (κ2) is 8.14. The highest BCUT2D eigenvalue weighted by Gasteiger charge is 2.11. The molecule has 0 aliphatic carbocycles. The first-order valence-electron chi connectivity index (χ1n) is 6.99. The van der Waals surface area contributed by atoms with Gasteiger partial charge in [0.15, 0.2) is 0 Å². The van der Waals surface area contributed by atoms with E-state index in [0.29, 0.717) is 30.4 Å². The smallest absolute Gasteiger partial charge is 0.413 e. The number of ether oxygens (including phenoxy) is 1. The van der Waals surface area contributed by atoms with E-state index in [0.717, 1.165) is 0 Å². The normalized spacial score (nSPS) is 10.1. The first-order valence-corrected chi connectivity index (χ1v) is 6.99. The SMILES string of the molecule is CCOC(=O)N(C)c1ccc(NC(=O)NCC(C)C)cc1. The maximum absolute atomic E-state index is 11.6. The van der Waals surface area contributed by atoms with Crippen LogP contribution in [0.5, 0.6) is 0 Å². The number of anilines is 2. The van der Waals surface area contributed by atoms with E-state index < -0.39 is 6.09 Å². The lowest BCUT2D eigenvalue weighted by molar-refractivity contribution is 0.161. The lowest BCUT2D eigenvalue weighted by atomic mass is 10.2. The molecule has 0 heterocycles. The molecule has 0 aliphatic rings. The van der Waals surface area contributed by atoms with Gasteiger partial charge in [0.05, 0.1) is 6.61 Å². The second-order valence-electron chi connectivity index (χ2n) is 5.03. The molecule has 0 aliphatic heterocycles. The van der Waals surface area contributed by atoms with Crippen molar-refractivity contribution >= 4 is 23.5 Å². The fourth-order valence-electron chi connectivity index (χ4n) is 1.57. The van der Waals surface area contributed by atoms with E-state index >= 15 is 0 Å². The quantitative estimate of drug-likeness (QED) is 0.876. The Kier molecular flexibility index (Phi) is 6.52. The molecule has 0 saturated carbocycles. The summed E-state index contributed by atoms with van der Waals surface area (Å²) in [6.45, 7) is 6.77. The maximum Gasteiger partial charge on any atom is 0.413 e. The number of hydrogen-bond acceptors (Lipinski definition) is 3. The van der Waals surface area contributed by atoms with Crippen molar-refractivity contribution in [1.82, 2.24) is 5.32 Å². The lowest BCUT2D eigenvalue weighted by Gasteiger charge is -2.17. The molecule has 1 aromatic rings. The minimum absolute atomic E-state index is 0.241. The number of rotatable bonds is 5. The summed E-state index contributed by atoms with van der Waals surface area (Å²) in [7, 11) is 1.63. The van der Waals surface area contributed by atoms with Gasteiger partial charge in [0.2, 0.25) is 0 Å². The average molecular weight is 293 g/mol. The molecule has 0 bridgehead atoms. The van der Waals surface area contributed by atoms with E-state index in [4.69, 9.17) is 4.74 Å². The number of carbonyl (C=O) groups is 2. The van der Waals surface area contributed by atoms with Gasteiger partial charge < -0.3 is 15.4 Å². The van der Waals surface area contributed by atoms with Gasteiger partial charge in [0.1, 0.15) is 0 Å². The summed E-state index contributed by atoms with van der Waals surface area (Å²) < 4.78 is 4.91. The van der Waals surface area contributed by atoms with Crippen molar-refractivity contribution in [3.8, 4) is 0 Å². The predicted molar refractivity (Wildman–Crippen MR) is 83.7 cm³/mol.